The van der Waals surface area contributed by atoms with Crippen LogP contribution >= 0.6 is 22.7 Å². The van der Waals surface area contributed by atoms with E-state index < -0.39 is 0 Å². The van der Waals surface area contributed by atoms with Gasteiger partial charge >= 0.3 is 0 Å². The van der Waals surface area contributed by atoms with Crippen LogP contribution in [-0.4, -0.2) is 24.4 Å². The van der Waals surface area contributed by atoms with Crippen molar-refractivity contribution >= 4 is 34.1 Å². The second-order valence-electron chi connectivity index (χ2n) is 4.80. The molecule has 6 heteroatoms. The molecule has 0 saturated heterocycles. The number of anilines is 1. The van der Waals surface area contributed by atoms with E-state index in [2.05, 4.69) is 27.4 Å². The zero-order valence-electron chi connectivity index (χ0n) is 11.2. The highest BCUT2D eigenvalue weighted by Crippen LogP contribution is 2.36. The molecule has 20 heavy (non-hydrogen) atoms. The van der Waals surface area contributed by atoms with E-state index in [1.54, 1.807) is 18.4 Å². The van der Waals surface area contributed by atoms with Crippen LogP contribution in [0.5, 0.6) is 0 Å². The average Bonchev–Trinajstić information content (AvgIpc) is 3.00. The van der Waals surface area contributed by atoms with Crippen molar-refractivity contribution < 1.29 is 9.53 Å². The van der Waals surface area contributed by atoms with Crippen molar-refractivity contribution in [3.05, 3.63) is 33.0 Å². The van der Waals surface area contributed by atoms with Gasteiger partial charge in [-0.05, 0) is 24.3 Å². The quantitative estimate of drug-likeness (QED) is 0.736. The van der Waals surface area contributed by atoms with Crippen molar-refractivity contribution in [2.75, 3.05) is 12.0 Å². The van der Waals surface area contributed by atoms with Gasteiger partial charge < -0.3 is 9.64 Å². The number of methoxy groups -OCH3 is 1. The lowest BCUT2D eigenvalue weighted by atomic mass is 10.4. The highest BCUT2D eigenvalue weighted by atomic mass is 32.1. The smallest absolute Gasteiger partial charge is 0.186 e. The summed E-state index contributed by atoms with van der Waals surface area (Å²) in [7, 11) is 1.62. The van der Waals surface area contributed by atoms with Gasteiger partial charge in [-0.25, -0.2) is 4.98 Å². The lowest BCUT2D eigenvalue weighted by Crippen LogP contribution is -2.24. The van der Waals surface area contributed by atoms with Crippen LogP contribution in [0, 0.1) is 0 Å². The van der Waals surface area contributed by atoms with Gasteiger partial charge in [0.1, 0.15) is 0 Å². The van der Waals surface area contributed by atoms with E-state index in [0.717, 1.165) is 23.7 Å². The van der Waals surface area contributed by atoms with Crippen LogP contribution in [0.1, 0.15) is 33.1 Å². The number of nitrogens with zero attached hydrogens (tertiary/aromatic N) is 2. The number of hydrogen-bond acceptors (Lipinski definition) is 6. The number of carbonyl (C=O) groups is 1. The van der Waals surface area contributed by atoms with Crippen molar-refractivity contribution in [2.45, 2.75) is 32.0 Å². The van der Waals surface area contributed by atoms with E-state index in [9.17, 15) is 4.79 Å². The van der Waals surface area contributed by atoms with Crippen LogP contribution < -0.4 is 4.90 Å². The molecule has 1 aliphatic rings. The first-order valence-corrected chi connectivity index (χ1v) is 8.24. The summed E-state index contributed by atoms with van der Waals surface area (Å²) in [6, 6.07) is 4.78. The summed E-state index contributed by atoms with van der Waals surface area (Å²) in [6.45, 7) is 1.27. The minimum atomic E-state index is 0.391. The molecule has 2 heterocycles. The van der Waals surface area contributed by atoms with Crippen molar-refractivity contribution in [1.29, 1.82) is 0 Å². The zero-order valence-corrected chi connectivity index (χ0v) is 12.9. The molecule has 2 aromatic heterocycles. The van der Waals surface area contributed by atoms with Crippen LogP contribution in [0.25, 0.3) is 0 Å². The summed E-state index contributed by atoms with van der Waals surface area (Å²) < 4.78 is 5.11. The Kier molecular flexibility index (Phi) is 4.14. The molecule has 1 aliphatic carbocycles. The summed E-state index contributed by atoms with van der Waals surface area (Å²) in [5.41, 5.74) is 0.749. The Morgan fingerprint density at radius 1 is 1.55 bits per heavy atom. The third-order valence-electron chi connectivity index (χ3n) is 3.24. The number of thiazole rings is 1. The number of aromatic nitrogens is 1. The predicted octanol–water partition coefficient (Wildman–Crippen LogP) is 3.33. The fourth-order valence-corrected chi connectivity index (χ4v) is 3.77. The van der Waals surface area contributed by atoms with Gasteiger partial charge in [0.15, 0.2) is 11.4 Å². The molecule has 0 aliphatic heterocycles. The lowest BCUT2D eigenvalue weighted by molar-refractivity contribution is 0.112. The van der Waals surface area contributed by atoms with E-state index in [1.165, 1.54) is 29.1 Å². The zero-order chi connectivity index (χ0) is 13.9. The average molecular weight is 308 g/mol. The molecule has 0 radical (unpaired) electrons. The Bertz CT molecular complexity index is 576. The molecule has 1 fully saturated rings. The molecule has 0 aromatic carbocycles. The maximum Gasteiger partial charge on any atom is 0.186 e. The molecule has 0 unspecified atom stereocenters. The van der Waals surface area contributed by atoms with Gasteiger partial charge in [0.2, 0.25) is 0 Å². The van der Waals surface area contributed by atoms with E-state index in [-0.39, 0.29) is 0 Å². The van der Waals surface area contributed by atoms with Crippen molar-refractivity contribution in [3.63, 3.8) is 0 Å². The number of carbonyl (C=O) groups excluding carboxylic acids is 1. The molecule has 0 atom stereocenters. The molecule has 1 saturated carbocycles. The van der Waals surface area contributed by atoms with E-state index >= 15 is 0 Å². The van der Waals surface area contributed by atoms with E-state index in [0.29, 0.717) is 17.5 Å². The monoisotopic (exact) mass is 308 g/mol. The van der Waals surface area contributed by atoms with Crippen LogP contribution in [0.2, 0.25) is 0 Å². The Hall–Kier alpha value is -1.24. The molecule has 0 N–H and O–H groups in total. The summed E-state index contributed by atoms with van der Waals surface area (Å²) in [5, 5.41) is 3.03. The van der Waals surface area contributed by atoms with E-state index in [4.69, 9.17) is 4.74 Å². The molecule has 106 valence electrons. The van der Waals surface area contributed by atoms with Crippen molar-refractivity contribution in [2.24, 2.45) is 0 Å². The topological polar surface area (TPSA) is 42.4 Å². The van der Waals surface area contributed by atoms with Gasteiger partial charge in [0.25, 0.3) is 0 Å². The molecular weight excluding hydrogens is 292 g/mol. The molecule has 3 rings (SSSR count). The molecule has 0 spiro atoms. The molecular formula is C14H16N2O2S2. The first kappa shape index (κ1) is 13.7. The van der Waals surface area contributed by atoms with Gasteiger partial charge in [-0.1, -0.05) is 17.4 Å². The minimum absolute atomic E-state index is 0.391. The third-order valence-corrected chi connectivity index (χ3v) is 5.17. The summed E-state index contributed by atoms with van der Waals surface area (Å²) in [4.78, 5) is 20.1. The normalized spacial score (nSPS) is 14.4. The Morgan fingerprint density at radius 3 is 3.00 bits per heavy atom. The van der Waals surface area contributed by atoms with Gasteiger partial charge in [0, 0.05) is 18.0 Å². The first-order chi connectivity index (χ1) is 9.81. The summed E-state index contributed by atoms with van der Waals surface area (Å²) in [5.74, 6) is 0. The Labute approximate surface area is 126 Å². The van der Waals surface area contributed by atoms with Crippen molar-refractivity contribution in [3.8, 4) is 0 Å². The number of rotatable bonds is 7. The van der Waals surface area contributed by atoms with E-state index in [1.807, 2.05) is 0 Å². The van der Waals surface area contributed by atoms with Crippen molar-refractivity contribution in [1.82, 2.24) is 4.98 Å². The van der Waals surface area contributed by atoms with Crippen LogP contribution in [0.4, 0.5) is 5.13 Å². The number of thiophene rings is 1. The highest BCUT2D eigenvalue weighted by Gasteiger charge is 2.32. The Morgan fingerprint density at radius 2 is 2.40 bits per heavy atom. The van der Waals surface area contributed by atoms with Gasteiger partial charge in [-0.3, -0.25) is 4.79 Å². The summed E-state index contributed by atoms with van der Waals surface area (Å²) in [6.07, 6.45) is 3.30. The SMILES string of the molecule is COCc1nc(N(Cc2cccs2)C2CC2)sc1C=O. The summed E-state index contributed by atoms with van der Waals surface area (Å²) >= 11 is 3.23. The molecule has 0 amide bonds. The van der Waals surface area contributed by atoms with Gasteiger partial charge in [0.05, 0.1) is 23.7 Å². The fraction of sp³-hybridized carbons (Fsp3) is 0.429. The first-order valence-electron chi connectivity index (χ1n) is 6.54. The van der Waals surface area contributed by atoms with Crippen LogP contribution in [0.3, 0.4) is 0 Å². The minimum Gasteiger partial charge on any atom is -0.378 e. The maximum atomic E-state index is 11.1. The maximum absolute atomic E-state index is 11.1. The largest absolute Gasteiger partial charge is 0.378 e. The molecule has 2 aromatic rings. The Balaban J connectivity index is 1.85. The number of aldehydes is 1. The number of ether oxygens (including phenoxy) is 1. The van der Waals surface area contributed by atoms with Gasteiger partial charge in [-0.2, -0.15) is 0 Å². The lowest BCUT2D eigenvalue weighted by Gasteiger charge is -2.20. The molecule has 4 nitrogen and oxygen atoms in total. The fourth-order valence-electron chi connectivity index (χ4n) is 2.12. The van der Waals surface area contributed by atoms with Crippen LogP contribution in [-0.2, 0) is 17.9 Å². The second-order valence-corrected chi connectivity index (χ2v) is 6.84. The standard InChI is InChI=1S/C14H16N2O2S2/c1-18-9-12-13(8-17)20-14(15-12)16(10-4-5-10)7-11-3-2-6-19-11/h2-3,6,8,10H,4-5,7,9H2,1H3. The predicted molar refractivity (Wildman–Crippen MR) is 81.7 cm³/mol. The van der Waals surface area contributed by atoms with Crippen LogP contribution in [0.15, 0.2) is 17.5 Å². The van der Waals surface area contributed by atoms with Gasteiger partial charge in [-0.15, -0.1) is 11.3 Å². The molecule has 0 bridgehead atoms. The third kappa shape index (κ3) is 2.92. The highest BCUT2D eigenvalue weighted by molar-refractivity contribution is 7.17. The second kappa shape index (κ2) is 6.03. The number of hydrogen-bond donors (Lipinski definition) is 0.